The Hall–Kier alpha value is -1.83. The zero-order valence-corrected chi connectivity index (χ0v) is 17.0. The highest BCUT2D eigenvalue weighted by atomic mass is 79.9. The van der Waals surface area contributed by atoms with Crippen LogP contribution in [0.3, 0.4) is 0 Å². The number of carbonyl (C=O) groups is 1. The zero-order valence-electron chi connectivity index (χ0n) is 13.9. The molecule has 1 N–H and O–H groups in total. The van der Waals surface area contributed by atoms with Crippen molar-refractivity contribution in [3.8, 4) is 0 Å². The first kappa shape index (κ1) is 18.9. The van der Waals surface area contributed by atoms with Crippen molar-refractivity contribution < 1.29 is 4.79 Å². The van der Waals surface area contributed by atoms with Crippen molar-refractivity contribution in [2.45, 2.75) is 20.0 Å². The summed E-state index contributed by atoms with van der Waals surface area (Å²) in [5.74, 6) is -0.328. The van der Waals surface area contributed by atoms with Crippen LogP contribution in [0, 0.1) is 5.92 Å². The number of carbonyl (C=O) groups excluding carboxylic acids is 1. The minimum Gasteiger partial charge on any atom is -0.323 e. The molecule has 0 saturated carbocycles. The molecule has 1 aromatic carbocycles. The van der Waals surface area contributed by atoms with Gasteiger partial charge in [-0.05, 0) is 33.6 Å². The molecule has 0 aliphatic carbocycles. The molecule has 0 saturated heterocycles. The summed E-state index contributed by atoms with van der Waals surface area (Å²) in [6.45, 7) is 2.88. The van der Waals surface area contributed by atoms with Gasteiger partial charge in [-0.2, -0.15) is 10.2 Å². The largest absolute Gasteiger partial charge is 0.323 e. The van der Waals surface area contributed by atoms with Crippen molar-refractivity contribution >= 4 is 50.7 Å². The van der Waals surface area contributed by atoms with Gasteiger partial charge in [0.05, 0.1) is 51.6 Å². The lowest BCUT2D eigenvalue weighted by Crippen LogP contribution is -2.24. The van der Waals surface area contributed by atoms with E-state index >= 15 is 0 Å². The standard InChI is InChI=1S/C17H16BrCl2N5O/c1-11(7-24-9-13(18)5-21-24)17(26)23-14-6-22-25(10-14)8-12-2-3-15(19)16(20)4-12/h2-6,9-11H,7-8H2,1H3,(H,23,26). The molecule has 9 heteroatoms. The highest BCUT2D eigenvalue weighted by Gasteiger charge is 2.15. The molecule has 3 aromatic rings. The SMILES string of the molecule is CC(Cn1cc(Br)cn1)C(=O)Nc1cnn(Cc2ccc(Cl)c(Cl)c2)c1. The molecule has 2 heterocycles. The van der Waals surface area contributed by atoms with Gasteiger partial charge in [0.2, 0.25) is 5.91 Å². The summed E-state index contributed by atoms with van der Waals surface area (Å²) in [7, 11) is 0. The molecule has 6 nitrogen and oxygen atoms in total. The van der Waals surface area contributed by atoms with Crippen LogP contribution in [0.1, 0.15) is 12.5 Å². The van der Waals surface area contributed by atoms with Crippen LogP contribution in [0.25, 0.3) is 0 Å². The first-order chi connectivity index (χ1) is 12.4. The quantitative estimate of drug-likeness (QED) is 0.594. The molecule has 0 aliphatic rings. The van der Waals surface area contributed by atoms with Gasteiger partial charge < -0.3 is 5.32 Å². The molecule has 0 fully saturated rings. The molecule has 0 radical (unpaired) electrons. The van der Waals surface area contributed by atoms with E-state index in [9.17, 15) is 4.79 Å². The molecule has 26 heavy (non-hydrogen) atoms. The van der Waals surface area contributed by atoms with Gasteiger partial charge in [-0.15, -0.1) is 0 Å². The number of amides is 1. The van der Waals surface area contributed by atoms with E-state index in [1.54, 1.807) is 40.1 Å². The fourth-order valence-electron chi connectivity index (χ4n) is 2.41. The summed E-state index contributed by atoms with van der Waals surface area (Å²) in [5.41, 5.74) is 1.61. The molecule has 1 amide bonds. The normalized spacial score (nSPS) is 12.2. The molecular formula is C17H16BrCl2N5O. The van der Waals surface area contributed by atoms with Crippen LogP contribution in [-0.4, -0.2) is 25.5 Å². The Kier molecular flexibility index (Phi) is 6.01. The average molecular weight is 457 g/mol. The van der Waals surface area contributed by atoms with Crippen molar-refractivity contribution in [1.82, 2.24) is 19.6 Å². The smallest absolute Gasteiger partial charge is 0.229 e. The minimum absolute atomic E-state index is 0.0919. The Bertz CT molecular complexity index is 924. The van der Waals surface area contributed by atoms with E-state index in [-0.39, 0.29) is 11.8 Å². The Morgan fingerprint density at radius 1 is 1.19 bits per heavy atom. The van der Waals surface area contributed by atoms with Gasteiger partial charge in [0, 0.05) is 12.4 Å². The summed E-state index contributed by atoms with van der Waals surface area (Å²) in [4.78, 5) is 12.3. The second kappa shape index (κ2) is 8.24. The Balaban J connectivity index is 1.58. The van der Waals surface area contributed by atoms with E-state index in [0.29, 0.717) is 28.8 Å². The van der Waals surface area contributed by atoms with Crippen LogP contribution in [-0.2, 0) is 17.9 Å². The highest BCUT2D eigenvalue weighted by molar-refractivity contribution is 9.10. The summed E-state index contributed by atoms with van der Waals surface area (Å²) < 4.78 is 4.33. The van der Waals surface area contributed by atoms with Crippen molar-refractivity contribution in [1.29, 1.82) is 0 Å². The van der Waals surface area contributed by atoms with E-state index in [1.165, 1.54) is 0 Å². The molecule has 0 aliphatic heterocycles. The third-order valence-corrected chi connectivity index (χ3v) is 4.89. The molecule has 0 spiro atoms. The third-order valence-electron chi connectivity index (χ3n) is 3.74. The maximum atomic E-state index is 12.3. The zero-order chi connectivity index (χ0) is 18.7. The molecule has 1 atom stereocenters. The fraction of sp³-hybridized carbons (Fsp3) is 0.235. The predicted octanol–water partition coefficient (Wildman–Crippen LogP) is 4.47. The van der Waals surface area contributed by atoms with Crippen LogP contribution < -0.4 is 5.32 Å². The first-order valence-electron chi connectivity index (χ1n) is 7.86. The first-order valence-corrected chi connectivity index (χ1v) is 9.41. The van der Waals surface area contributed by atoms with Gasteiger partial charge >= 0.3 is 0 Å². The Morgan fingerprint density at radius 3 is 2.65 bits per heavy atom. The fourth-order valence-corrected chi connectivity index (χ4v) is 3.06. The number of rotatable bonds is 6. The maximum absolute atomic E-state index is 12.3. The lowest BCUT2D eigenvalue weighted by Gasteiger charge is -2.11. The number of benzene rings is 1. The van der Waals surface area contributed by atoms with E-state index in [1.807, 2.05) is 19.2 Å². The van der Waals surface area contributed by atoms with Gasteiger partial charge in [0.25, 0.3) is 0 Å². The Morgan fingerprint density at radius 2 is 1.96 bits per heavy atom. The Labute approximate surface area is 169 Å². The number of halogens is 3. The second-order valence-electron chi connectivity index (χ2n) is 5.95. The summed E-state index contributed by atoms with van der Waals surface area (Å²) in [5, 5.41) is 12.3. The van der Waals surface area contributed by atoms with Crippen LogP contribution in [0.4, 0.5) is 5.69 Å². The second-order valence-corrected chi connectivity index (χ2v) is 7.68. The monoisotopic (exact) mass is 455 g/mol. The van der Waals surface area contributed by atoms with Crippen LogP contribution in [0.2, 0.25) is 10.0 Å². The summed E-state index contributed by atoms with van der Waals surface area (Å²) >= 11 is 15.3. The number of nitrogens with one attached hydrogen (secondary N) is 1. The third kappa shape index (κ3) is 4.87. The topological polar surface area (TPSA) is 64.7 Å². The highest BCUT2D eigenvalue weighted by Crippen LogP contribution is 2.23. The molecular weight excluding hydrogens is 441 g/mol. The molecule has 3 rings (SSSR count). The van der Waals surface area contributed by atoms with Gasteiger partial charge in [-0.1, -0.05) is 36.2 Å². The average Bonchev–Trinajstić information content (AvgIpc) is 3.20. The summed E-state index contributed by atoms with van der Waals surface area (Å²) in [6, 6.07) is 5.44. The van der Waals surface area contributed by atoms with Crippen molar-refractivity contribution in [3.63, 3.8) is 0 Å². The van der Waals surface area contributed by atoms with Gasteiger partial charge in [0.15, 0.2) is 0 Å². The van der Waals surface area contributed by atoms with Gasteiger partial charge in [-0.25, -0.2) is 0 Å². The van der Waals surface area contributed by atoms with Crippen LogP contribution >= 0.6 is 39.1 Å². The summed E-state index contributed by atoms with van der Waals surface area (Å²) in [6.07, 6.45) is 6.92. The number of aromatic nitrogens is 4. The number of anilines is 1. The van der Waals surface area contributed by atoms with E-state index in [4.69, 9.17) is 23.2 Å². The van der Waals surface area contributed by atoms with E-state index in [0.717, 1.165) is 10.0 Å². The number of hydrogen-bond acceptors (Lipinski definition) is 3. The van der Waals surface area contributed by atoms with Gasteiger partial charge in [0.1, 0.15) is 0 Å². The predicted molar refractivity (Wildman–Crippen MR) is 106 cm³/mol. The van der Waals surface area contributed by atoms with Crippen molar-refractivity contribution in [2.24, 2.45) is 5.92 Å². The van der Waals surface area contributed by atoms with Crippen LogP contribution in [0.15, 0.2) is 47.5 Å². The lowest BCUT2D eigenvalue weighted by molar-refractivity contribution is -0.119. The van der Waals surface area contributed by atoms with Gasteiger partial charge in [-0.3, -0.25) is 14.2 Å². The lowest BCUT2D eigenvalue weighted by atomic mass is 10.1. The van der Waals surface area contributed by atoms with Crippen molar-refractivity contribution in [2.75, 3.05) is 5.32 Å². The molecule has 136 valence electrons. The number of nitrogens with zero attached hydrogens (tertiary/aromatic N) is 4. The van der Waals surface area contributed by atoms with Crippen molar-refractivity contribution in [3.05, 3.63) is 63.1 Å². The molecule has 2 aromatic heterocycles. The molecule has 0 bridgehead atoms. The van der Waals surface area contributed by atoms with Crippen LogP contribution in [0.5, 0.6) is 0 Å². The maximum Gasteiger partial charge on any atom is 0.229 e. The van der Waals surface area contributed by atoms with E-state index < -0.39 is 0 Å². The molecule has 1 unspecified atom stereocenters. The minimum atomic E-state index is -0.236. The number of hydrogen-bond donors (Lipinski definition) is 1. The van der Waals surface area contributed by atoms with E-state index in [2.05, 4.69) is 31.4 Å².